The van der Waals surface area contributed by atoms with Crippen LogP contribution in [0.15, 0.2) is 12.1 Å². The second-order valence-corrected chi connectivity index (χ2v) is 3.05. The number of alkyl halides is 4. The lowest BCUT2D eigenvalue weighted by molar-refractivity contribution is -0.143. The third-order valence-corrected chi connectivity index (χ3v) is 1.88. The van der Waals surface area contributed by atoms with Gasteiger partial charge >= 0.3 is 12.1 Å². The molecule has 8 heteroatoms. The molecule has 1 aromatic carbocycles. The fourth-order valence-corrected chi connectivity index (χ4v) is 1.11. The van der Waals surface area contributed by atoms with Gasteiger partial charge in [-0.15, -0.1) is 0 Å². The highest BCUT2D eigenvalue weighted by Gasteiger charge is 2.36. The number of rotatable bonds is 2. The van der Waals surface area contributed by atoms with Gasteiger partial charge in [-0.2, -0.15) is 13.2 Å². The summed E-state index contributed by atoms with van der Waals surface area (Å²) in [7, 11) is 0. The van der Waals surface area contributed by atoms with Crippen molar-refractivity contribution in [2.75, 3.05) is 0 Å². The molecule has 1 rings (SSSR count). The van der Waals surface area contributed by atoms with Crippen molar-refractivity contribution >= 4 is 5.97 Å². The first-order chi connectivity index (χ1) is 7.64. The Morgan fingerprint density at radius 2 is 1.71 bits per heavy atom. The molecule has 0 spiro atoms. The van der Waals surface area contributed by atoms with E-state index in [1.54, 1.807) is 0 Å². The lowest BCUT2D eigenvalue weighted by atomic mass is 10.1. The molecule has 0 saturated carbocycles. The second kappa shape index (κ2) is 4.27. The summed E-state index contributed by atoms with van der Waals surface area (Å²) in [4.78, 5) is 10.2. The average Bonchev–Trinajstić information content (AvgIpc) is 2.18. The van der Waals surface area contributed by atoms with Crippen molar-refractivity contribution in [3.63, 3.8) is 0 Å². The quantitative estimate of drug-likeness (QED) is 0.827. The first kappa shape index (κ1) is 13.3. The molecule has 0 amide bonds. The lowest BCUT2D eigenvalue weighted by Crippen LogP contribution is -2.13. The van der Waals surface area contributed by atoms with Crippen LogP contribution in [0.25, 0.3) is 0 Å². The van der Waals surface area contributed by atoms with Crippen molar-refractivity contribution in [1.82, 2.24) is 0 Å². The maximum atomic E-state index is 13.0. The van der Waals surface area contributed by atoms with Gasteiger partial charge in [-0.25, -0.2) is 18.0 Å². The summed E-state index contributed by atoms with van der Waals surface area (Å²) in [6, 6.07) is -0.392. The van der Waals surface area contributed by atoms with Gasteiger partial charge in [-0.3, -0.25) is 0 Å². The standard InChI is InChI=1S/C9H4F6O2/c10-5-2-4(9(13,14)15)6(11)1-3(5)7(12)8(16)17/h1-2,7H,(H,16,17). The van der Waals surface area contributed by atoms with E-state index >= 15 is 0 Å². The van der Waals surface area contributed by atoms with Crippen LogP contribution in [0.5, 0.6) is 0 Å². The van der Waals surface area contributed by atoms with E-state index in [1.807, 2.05) is 0 Å². The highest BCUT2D eigenvalue weighted by atomic mass is 19.4. The molecule has 1 N–H and O–H groups in total. The smallest absolute Gasteiger partial charge is 0.419 e. The highest BCUT2D eigenvalue weighted by Crippen LogP contribution is 2.34. The zero-order chi connectivity index (χ0) is 13.4. The first-order valence-electron chi connectivity index (χ1n) is 4.07. The molecule has 0 aliphatic carbocycles. The van der Waals surface area contributed by atoms with Crippen molar-refractivity contribution in [1.29, 1.82) is 0 Å². The van der Waals surface area contributed by atoms with Crippen LogP contribution in [-0.4, -0.2) is 11.1 Å². The van der Waals surface area contributed by atoms with E-state index in [1.165, 1.54) is 0 Å². The van der Waals surface area contributed by atoms with Gasteiger partial charge in [0.15, 0.2) is 0 Å². The predicted octanol–water partition coefficient (Wildman–Crippen LogP) is 3.08. The Morgan fingerprint density at radius 3 is 2.12 bits per heavy atom. The van der Waals surface area contributed by atoms with Crippen LogP contribution in [0, 0.1) is 11.6 Å². The van der Waals surface area contributed by atoms with E-state index in [4.69, 9.17) is 5.11 Å². The number of hydrogen-bond donors (Lipinski definition) is 1. The van der Waals surface area contributed by atoms with Gasteiger partial charge in [0.2, 0.25) is 6.17 Å². The van der Waals surface area contributed by atoms with E-state index in [-0.39, 0.29) is 12.1 Å². The van der Waals surface area contributed by atoms with Crippen LogP contribution in [0.3, 0.4) is 0 Å². The lowest BCUT2D eigenvalue weighted by Gasteiger charge is -2.11. The molecule has 17 heavy (non-hydrogen) atoms. The predicted molar refractivity (Wildman–Crippen MR) is 42.8 cm³/mol. The summed E-state index contributed by atoms with van der Waals surface area (Å²) >= 11 is 0. The molecule has 0 radical (unpaired) electrons. The normalized spacial score (nSPS) is 13.5. The van der Waals surface area contributed by atoms with Gasteiger partial charge < -0.3 is 5.11 Å². The van der Waals surface area contributed by atoms with Crippen LogP contribution in [-0.2, 0) is 11.0 Å². The largest absolute Gasteiger partial charge is 0.479 e. The van der Waals surface area contributed by atoms with Crippen LogP contribution >= 0.6 is 0 Å². The maximum Gasteiger partial charge on any atom is 0.419 e. The number of hydrogen-bond acceptors (Lipinski definition) is 1. The Hall–Kier alpha value is -1.73. The third kappa shape index (κ3) is 2.69. The molecule has 1 aromatic rings. The zero-order valence-electron chi connectivity index (χ0n) is 7.86. The van der Waals surface area contributed by atoms with Gasteiger partial charge in [-0.05, 0) is 12.1 Å². The molecule has 0 saturated heterocycles. The van der Waals surface area contributed by atoms with Crippen molar-refractivity contribution in [3.05, 3.63) is 34.9 Å². The second-order valence-electron chi connectivity index (χ2n) is 3.05. The zero-order valence-corrected chi connectivity index (χ0v) is 7.86. The molecular formula is C9H4F6O2. The number of aliphatic carboxylic acids is 1. The Labute approximate surface area is 90.5 Å². The minimum absolute atomic E-state index is 0.114. The van der Waals surface area contributed by atoms with Gasteiger partial charge in [0, 0.05) is 5.56 Å². The summed E-state index contributed by atoms with van der Waals surface area (Å²) in [5.41, 5.74) is -3.21. The molecule has 0 heterocycles. The summed E-state index contributed by atoms with van der Waals surface area (Å²) in [6.07, 6.45) is -8.06. The van der Waals surface area contributed by atoms with Crippen LogP contribution < -0.4 is 0 Å². The fourth-order valence-electron chi connectivity index (χ4n) is 1.11. The molecule has 0 aliphatic heterocycles. The molecule has 0 fully saturated rings. The number of benzene rings is 1. The van der Waals surface area contributed by atoms with E-state index < -0.39 is 41.1 Å². The van der Waals surface area contributed by atoms with Gasteiger partial charge in [-0.1, -0.05) is 0 Å². The van der Waals surface area contributed by atoms with Gasteiger partial charge in [0.05, 0.1) is 5.56 Å². The van der Waals surface area contributed by atoms with Crippen molar-refractivity contribution in [2.45, 2.75) is 12.3 Å². The number of carboxylic acids is 1. The van der Waals surface area contributed by atoms with E-state index in [9.17, 15) is 31.1 Å². The van der Waals surface area contributed by atoms with E-state index in [0.29, 0.717) is 0 Å². The number of carbonyl (C=O) groups is 1. The van der Waals surface area contributed by atoms with Crippen molar-refractivity contribution in [3.8, 4) is 0 Å². The average molecular weight is 258 g/mol. The maximum absolute atomic E-state index is 13.0. The molecule has 2 nitrogen and oxygen atoms in total. The Bertz CT molecular complexity index is 454. The SMILES string of the molecule is O=C(O)C(F)c1cc(F)c(C(F)(F)F)cc1F. The molecule has 94 valence electrons. The van der Waals surface area contributed by atoms with Gasteiger partial charge in [0.1, 0.15) is 11.6 Å². The summed E-state index contributed by atoms with van der Waals surface area (Å²) < 4.78 is 75.1. The Balaban J connectivity index is 3.33. The Kier molecular flexibility index (Phi) is 3.35. The molecule has 1 atom stereocenters. The summed E-state index contributed by atoms with van der Waals surface area (Å²) in [6.45, 7) is 0. The molecular weight excluding hydrogens is 254 g/mol. The molecule has 0 bridgehead atoms. The van der Waals surface area contributed by atoms with Crippen LogP contribution in [0.4, 0.5) is 26.3 Å². The third-order valence-electron chi connectivity index (χ3n) is 1.88. The molecule has 1 unspecified atom stereocenters. The minimum atomic E-state index is -5.14. The fraction of sp³-hybridized carbons (Fsp3) is 0.222. The molecule has 0 aromatic heterocycles. The van der Waals surface area contributed by atoms with Crippen molar-refractivity contribution < 1.29 is 36.2 Å². The van der Waals surface area contributed by atoms with E-state index in [0.717, 1.165) is 0 Å². The monoisotopic (exact) mass is 258 g/mol. The number of halogens is 6. The first-order valence-corrected chi connectivity index (χ1v) is 4.07. The molecule has 0 aliphatic rings. The van der Waals surface area contributed by atoms with E-state index in [2.05, 4.69) is 0 Å². The van der Waals surface area contributed by atoms with Crippen LogP contribution in [0.1, 0.15) is 17.3 Å². The van der Waals surface area contributed by atoms with Crippen molar-refractivity contribution in [2.24, 2.45) is 0 Å². The summed E-state index contributed by atoms with van der Waals surface area (Å²) in [5, 5.41) is 8.19. The highest BCUT2D eigenvalue weighted by molar-refractivity contribution is 5.74. The Morgan fingerprint density at radius 1 is 1.18 bits per heavy atom. The summed E-state index contributed by atoms with van der Waals surface area (Å²) in [5.74, 6) is -5.82. The minimum Gasteiger partial charge on any atom is -0.479 e. The van der Waals surface area contributed by atoms with Gasteiger partial charge in [0.25, 0.3) is 0 Å². The topological polar surface area (TPSA) is 37.3 Å². The van der Waals surface area contributed by atoms with Crippen LogP contribution in [0.2, 0.25) is 0 Å². The number of carboxylic acid groups (broad SMARTS) is 1.